The maximum atomic E-state index is 5.88. The number of rotatable bonds is 5. The van der Waals surface area contributed by atoms with Gasteiger partial charge in [-0.05, 0) is 50.6 Å². The Balaban J connectivity index is 2.15. The van der Waals surface area contributed by atoms with Crippen LogP contribution in [-0.4, -0.2) is 6.61 Å². The second-order valence-corrected chi connectivity index (χ2v) is 4.86. The van der Waals surface area contributed by atoms with Crippen LogP contribution in [0.2, 0.25) is 0 Å². The number of hydrogen-bond acceptors (Lipinski definition) is 3. The van der Waals surface area contributed by atoms with Crippen LogP contribution in [0.4, 0.5) is 5.69 Å². The van der Waals surface area contributed by atoms with Crippen molar-refractivity contribution in [2.24, 2.45) is 0 Å². The molecular formula is C17H21NO2. The van der Waals surface area contributed by atoms with E-state index in [1.165, 1.54) is 5.56 Å². The molecule has 3 heteroatoms. The molecule has 2 aromatic carbocycles. The zero-order valence-electron chi connectivity index (χ0n) is 12.3. The average Bonchev–Trinajstić information content (AvgIpc) is 2.41. The second kappa shape index (κ2) is 6.33. The van der Waals surface area contributed by atoms with E-state index >= 15 is 0 Å². The molecule has 2 N–H and O–H groups in total. The van der Waals surface area contributed by atoms with Crippen LogP contribution in [-0.2, 0) is 6.61 Å². The highest BCUT2D eigenvalue weighted by molar-refractivity contribution is 5.48. The Labute approximate surface area is 120 Å². The molecule has 0 spiro atoms. The van der Waals surface area contributed by atoms with Gasteiger partial charge in [0.15, 0.2) is 0 Å². The molecule has 0 saturated carbocycles. The first-order chi connectivity index (χ1) is 9.60. The summed E-state index contributed by atoms with van der Waals surface area (Å²) in [6.07, 6.45) is 0. The lowest BCUT2D eigenvalue weighted by molar-refractivity contribution is 0.285. The fraction of sp³-hybridized carbons (Fsp3) is 0.294. The van der Waals surface area contributed by atoms with Gasteiger partial charge in [0.25, 0.3) is 0 Å². The third kappa shape index (κ3) is 3.44. The highest BCUT2D eigenvalue weighted by atomic mass is 16.5. The van der Waals surface area contributed by atoms with E-state index in [1.54, 1.807) is 0 Å². The molecule has 0 aromatic heterocycles. The minimum atomic E-state index is 0.449. The van der Waals surface area contributed by atoms with E-state index in [2.05, 4.69) is 13.0 Å². The number of benzene rings is 2. The molecule has 20 heavy (non-hydrogen) atoms. The molecule has 0 fully saturated rings. The van der Waals surface area contributed by atoms with Crippen LogP contribution in [0.25, 0.3) is 0 Å². The quantitative estimate of drug-likeness (QED) is 0.840. The first-order valence-electron chi connectivity index (χ1n) is 6.81. The van der Waals surface area contributed by atoms with Crippen LogP contribution < -0.4 is 15.2 Å². The molecule has 2 aromatic rings. The lowest BCUT2D eigenvalue weighted by atomic mass is 10.1. The van der Waals surface area contributed by atoms with Gasteiger partial charge >= 0.3 is 0 Å². The SMILES string of the molecule is CCOc1ccc(N)cc1COc1ccc(C)cc1C. The molecule has 0 aliphatic heterocycles. The van der Waals surface area contributed by atoms with Crippen molar-refractivity contribution < 1.29 is 9.47 Å². The average molecular weight is 271 g/mol. The second-order valence-electron chi connectivity index (χ2n) is 4.86. The van der Waals surface area contributed by atoms with Crippen LogP contribution in [0.3, 0.4) is 0 Å². The van der Waals surface area contributed by atoms with E-state index in [1.807, 2.05) is 44.2 Å². The van der Waals surface area contributed by atoms with Gasteiger partial charge in [0.2, 0.25) is 0 Å². The van der Waals surface area contributed by atoms with Gasteiger partial charge in [0.05, 0.1) is 6.61 Å². The van der Waals surface area contributed by atoms with Crippen molar-refractivity contribution in [3.8, 4) is 11.5 Å². The normalized spacial score (nSPS) is 10.3. The molecule has 0 unspecified atom stereocenters. The highest BCUT2D eigenvalue weighted by Crippen LogP contribution is 2.25. The topological polar surface area (TPSA) is 44.5 Å². The molecule has 3 nitrogen and oxygen atoms in total. The predicted molar refractivity (Wildman–Crippen MR) is 82.3 cm³/mol. The summed E-state index contributed by atoms with van der Waals surface area (Å²) in [6, 6.07) is 11.8. The van der Waals surface area contributed by atoms with E-state index in [9.17, 15) is 0 Å². The zero-order valence-corrected chi connectivity index (χ0v) is 12.3. The first-order valence-corrected chi connectivity index (χ1v) is 6.81. The van der Waals surface area contributed by atoms with Gasteiger partial charge in [-0.1, -0.05) is 17.7 Å². The summed E-state index contributed by atoms with van der Waals surface area (Å²) >= 11 is 0. The number of hydrogen-bond donors (Lipinski definition) is 1. The Bertz CT molecular complexity index is 594. The van der Waals surface area contributed by atoms with E-state index in [0.29, 0.717) is 18.9 Å². The Morgan fingerprint density at radius 2 is 1.70 bits per heavy atom. The molecule has 2 rings (SSSR count). The van der Waals surface area contributed by atoms with Crippen molar-refractivity contribution in [1.82, 2.24) is 0 Å². The smallest absolute Gasteiger partial charge is 0.126 e. The van der Waals surface area contributed by atoms with Gasteiger partial charge in [-0.3, -0.25) is 0 Å². The van der Waals surface area contributed by atoms with E-state index < -0.39 is 0 Å². The van der Waals surface area contributed by atoms with Crippen LogP contribution in [0, 0.1) is 13.8 Å². The van der Waals surface area contributed by atoms with Gasteiger partial charge in [-0.15, -0.1) is 0 Å². The van der Waals surface area contributed by atoms with Gasteiger partial charge in [-0.2, -0.15) is 0 Å². The van der Waals surface area contributed by atoms with Crippen LogP contribution >= 0.6 is 0 Å². The van der Waals surface area contributed by atoms with Crippen molar-refractivity contribution in [2.45, 2.75) is 27.4 Å². The fourth-order valence-electron chi connectivity index (χ4n) is 2.13. The van der Waals surface area contributed by atoms with Crippen LogP contribution in [0.1, 0.15) is 23.6 Å². The molecule has 0 saturated heterocycles. The molecule has 0 atom stereocenters. The van der Waals surface area contributed by atoms with Gasteiger partial charge in [0.1, 0.15) is 18.1 Å². The van der Waals surface area contributed by atoms with E-state index in [-0.39, 0.29) is 0 Å². The largest absolute Gasteiger partial charge is 0.493 e. The number of aryl methyl sites for hydroxylation is 2. The lowest BCUT2D eigenvalue weighted by Crippen LogP contribution is -2.03. The minimum absolute atomic E-state index is 0.449. The number of anilines is 1. The van der Waals surface area contributed by atoms with Crippen LogP contribution in [0.15, 0.2) is 36.4 Å². The summed E-state index contributed by atoms with van der Waals surface area (Å²) in [5, 5.41) is 0. The van der Waals surface area contributed by atoms with Crippen molar-refractivity contribution in [3.63, 3.8) is 0 Å². The number of nitrogens with two attached hydrogens (primary N) is 1. The first kappa shape index (κ1) is 14.3. The number of ether oxygens (including phenoxy) is 2. The van der Waals surface area contributed by atoms with Gasteiger partial charge in [-0.25, -0.2) is 0 Å². The number of nitrogen functional groups attached to an aromatic ring is 1. The van der Waals surface area contributed by atoms with Gasteiger partial charge in [0, 0.05) is 11.3 Å². The van der Waals surface area contributed by atoms with Crippen LogP contribution in [0.5, 0.6) is 11.5 Å². The van der Waals surface area contributed by atoms with Crippen molar-refractivity contribution in [1.29, 1.82) is 0 Å². The standard InChI is InChI=1S/C17H21NO2/c1-4-19-17-8-6-15(18)10-14(17)11-20-16-7-5-12(2)9-13(16)3/h5-10H,4,11,18H2,1-3H3. The molecule has 106 valence electrons. The molecule has 0 bridgehead atoms. The molecule has 0 heterocycles. The Morgan fingerprint density at radius 1 is 0.950 bits per heavy atom. The molecule has 0 aliphatic rings. The maximum absolute atomic E-state index is 5.88. The van der Waals surface area contributed by atoms with Crippen molar-refractivity contribution >= 4 is 5.69 Å². The monoisotopic (exact) mass is 271 g/mol. The zero-order chi connectivity index (χ0) is 14.5. The molecule has 0 aliphatic carbocycles. The Morgan fingerprint density at radius 3 is 2.40 bits per heavy atom. The Hall–Kier alpha value is -2.16. The Kier molecular flexibility index (Phi) is 4.51. The van der Waals surface area contributed by atoms with Gasteiger partial charge < -0.3 is 15.2 Å². The predicted octanol–water partition coefficient (Wildman–Crippen LogP) is 3.86. The highest BCUT2D eigenvalue weighted by Gasteiger charge is 2.06. The summed E-state index contributed by atoms with van der Waals surface area (Å²) < 4.78 is 11.5. The minimum Gasteiger partial charge on any atom is -0.493 e. The lowest BCUT2D eigenvalue weighted by Gasteiger charge is -2.13. The summed E-state index contributed by atoms with van der Waals surface area (Å²) in [5.41, 5.74) is 9.87. The van der Waals surface area contributed by atoms with E-state index in [0.717, 1.165) is 22.6 Å². The summed E-state index contributed by atoms with van der Waals surface area (Å²) in [6.45, 7) is 7.16. The summed E-state index contributed by atoms with van der Waals surface area (Å²) in [7, 11) is 0. The molecule has 0 radical (unpaired) electrons. The summed E-state index contributed by atoms with van der Waals surface area (Å²) in [4.78, 5) is 0. The molecule has 0 amide bonds. The third-order valence-corrected chi connectivity index (χ3v) is 3.10. The molecular weight excluding hydrogens is 250 g/mol. The van der Waals surface area contributed by atoms with Crippen molar-refractivity contribution in [2.75, 3.05) is 12.3 Å². The van der Waals surface area contributed by atoms with E-state index in [4.69, 9.17) is 15.2 Å². The third-order valence-electron chi connectivity index (χ3n) is 3.10. The maximum Gasteiger partial charge on any atom is 0.126 e. The fourth-order valence-corrected chi connectivity index (χ4v) is 2.13. The summed E-state index contributed by atoms with van der Waals surface area (Å²) in [5.74, 6) is 1.71. The van der Waals surface area contributed by atoms with Crippen molar-refractivity contribution in [3.05, 3.63) is 53.1 Å².